The third kappa shape index (κ3) is 4.28. The summed E-state index contributed by atoms with van der Waals surface area (Å²) in [5.74, 6) is 0.125. The summed E-state index contributed by atoms with van der Waals surface area (Å²) in [4.78, 5) is 20.6. The van der Waals surface area contributed by atoms with Gasteiger partial charge < -0.3 is 9.64 Å². The van der Waals surface area contributed by atoms with Crippen molar-refractivity contribution < 1.29 is 9.53 Å². The van der Waals surface area contributed by atoms with E-state index in [2.05, 4.69) is 9.88 Å². The molecule has 20 heavy (non-hydrogen) atoms. The van der Waals surface area contributed by atoms with Crippen molar-refractivity contribution in [1.82, 2.24) is 14.8 Å². The Bertz CT molecular complexity index is 444. The highest BCUT2D eigenvalue weighted by Gasteiger charge is 2.15. The molecule has 2 rings (SSSR count). The number of rotatable bonds is 5. The van der Waals surface area contributed by atoms with Gasteiger partial charge in [-0.1, -0.05) is 6.07 Å². The zero-order chi connectivity index (χ0) is 14.4. The van der Waals surface area contributed by atoms with Crippen LogP contribution in [0.1, 0.15) is 11.3 Å². The number of ether oxygens (including phenoxy) is 1. The second-order valence-corrected chi connectivity index (χ2v) is 5.21. The van der Waals surface area contributed by atoms with Gasteiger partial charge in [-0.3, -0.25) is 14.7 Å². The molecule has 1 aliphatic rings. The molecule has 0 radical (unpaired) electrons. The second-order valence-electron chi connectivity index (χ2n) is 5.21. The van der Waals surface area contributed by atoms with E-state index in [0.717, 1.165) is 50.7 Å². The molecule has 1 aromatic heterocycles. The highest BCUT2D eigenvalue weighted by Crippen LogP contribution is 2.06. The normalized spacial score (nSPS) is 16.1. The van der Waals surface area contributed by atoms with Crippen molar-refractivity contribution >= 4 is 5.91 Å². The van der Waals surface area contributed by atoms with Crippen molar-refractivity contribution in [1.29, 1.82) is 0 Å². The molecule has 0 saturated carbocycles. The minimum Gasteiger partial charge on any atom is -0.379 e. The number of amides is 1. The second kappa shape index (κ2) is 7.36. The van der Waals surface area contributed by atoms with Crippen LogP contribution in [-0.2, 0) is 16.0 Å². The number of likely N-dealkylation sites (N-methyl/N-ethyl adjacent to an activating group) is 1. The zero-order valence-corrected chi connectivity index (χ0v) is 12.3. The van der Waals surface area contributed by atoms with Gasteiger partial charge in [0.2, 0.25) is 5.91 Å². The maximum absolute atomic E-state index is 12.2. The molecule has 0 spiro atoms. The summed E-state index contributed by atoms with van der Waals surface area (Å²) < 4.78 is 5.32. The molecule has 0 bridgehead atoms. The lowest BCUT2D eigenvalue weighted by atomic mass is 10.1. The van der Waals surface area contributed by atoms with Crippen LogP contribution in [0.3, 0.4) is 0 Å². The molecule has 5 nitrogen and oxygen atoms in total. The highest BCUT2D eigenvalue weighted by molar-refractivity contribution is 5.78. The van der Waals surface area contributed by atoms with Crippen LogP contribution in [0.25, 0.3) is 0 Å². The summed E-state index contributed by atoms with van der Waals surface area (Å²) in [7, 11) is 1.86. The van der Waals surface area contributed by atoms with E-state index >= 15 is 0 Å². The first kappa shape index (κ1) is 14.9. The first-order chi connectivity index (χ1) is 9.66. The number of pyridine rings is 1. The van der Waals surface area contributed by atoms with Gasteiger partial charge in [0.05, 0.1) is 25.3 Å². The van der Waals surface area contributed by atoms with Crippen LogP contribution < -0.4 is 0 Å². The van der Waals surface area contributed by atoms with Crippen LogP contribution in [0.5, 0.6) is 0 Å². The van der Waals surface area contributed by atoms with Crippen molar-refractivity contribution in [2.75, 3.05) is 46.4 Å². The Morgan fingerprint density at radius 1 is 1.45 bits per heavy atom. The molecule has 1 saturated heterocycles. The van der Waals surface area contributed by atoms with Gasteiger partial charge in [0.25, 0.3) is 0 Å². The molecule has 1 fully saturated rings. The van der Waals surface area contributed by atoms with Crippen molar-refractivity contribution in [2.45, 2.75) is 13.3 Å². The lowest BCUT2D eigenvalue weighted by Crippen LogP contribution is -2.42. The molecule has 0 atom stereocenters. The number of carbonyl (C=O) groups excluding carboxylic acids is 1. The Labute approximate surface area is 120 Å². The summed E-state index contributed by atoms with van der Waals surface area (Å²) in [5.41, 5.74) is 1.94. The number of morpholine rings is 1. The third-order valence-electron chi connectivity index (χ3n) is 3.72. The molecular weight excluding hydrogens is 254 g/mol. The minimum atomic E-state index is 0.125. The Kier molecular flexibility index (Phi) is 5.49. The van der Waals surface area contributed by atoms with Gasteiger partial charge in [0, 0.05) is 39.4 Å². The van der Waals surface area contributed by atoms with Gasteiger partial charge in [-0.15, -0.1) is 0 Å². The summed E-state index contributed by atoms with van der Waals surface area (Å²) in [5, 5.41) is 0. The number of aromatic nitrogens is 1. The van der Waals surface area contributed by atoms with E-state index in [4.69, 9.17) is 4.74 Å². The quantitative estimate of drug-likeness (QED) is 0.796. The fourth-order valence-corrected chi connectivity index (χ4v) is 2.22. The molecule has 0 N–H and O–H groups in total. The molecular formula is C15H23N3O2. The van der Waals surface area contributed by atoms with Crippen molar-refractivity contribution in [3.63, 3.8) is 0 Å². The van der Waals surface area contributed by atoms with Crippen molar-refractivity contribution in [3.05, 3.63) is 29.6 Å². The first-order valence-corrected chi connectivity index (χ1v) is 7.11. The van der Waals surface area contributed by atoms with Gasteiger partial charge in [-0.25, -0.2) is 0 Å². The van der Waals surface area contributed by atoms with E-state index in [0.29, 0.717) is 6.42 Å². The first-order valence-electron chi connectivity index (χ1n) is 7.11. The highest BCUT2D eigenvalue weighted by atomic mass is 16.5. The topological polar surface area (TPSA) is 45.7 Å². The summed E-state index contributed by atoms with van der Waals surface area (Å²) in [6, 6.07) is 3.88. The largest absolute Gasteiger partial charge is 0.379 e. The zero-order valence-electron chi connectivity index (χ0n) is 12.3. The fourth-order valence-electron chi connectivity index (χ4n) is 2.22. The standard InChI is InChI=1S/C15H23N3O2/c1-13-4-3-5-16-14(13)12-15(19)17(2)6-7-18-8-10-20-11-9-18/h3-5H,6-12H2,1-2H3. The molecule has 1 aromatic rings. The van der Waals surface area contributed by atoms with E-state index < -0.39 is 0 Å². The van der Waals surface area contributed by atoms with Crippen LogP contribution in [0.2, 0.25) is 0 Å². The van der Waals surface area contributed by atoms with E-state index in [1.54, 1.807) is 11.1 Å². The van der Waals surface area contributed by atoms with E-state index in [1.165, 1.54) is 0 Å². The Balaban J connectivity index is 1.78. The van der Waals surface area contributed by atoms with Gasteiger partial charge in [-0.05, 0) is 18.6 Å². The molecule has 2 heterocycles. The molecule has 0 aromatic carbocycles. The third-order valence-corrected chi connectivity index (χ3v) is 3.72. The number of hydrogen-bond donors (Lipinski definition) is 0. The van der Waals surface area contributed by atoms with Crippen molar-refractivity contribution in [3.8, 4) is 0 Å². The van der Waals surface area contributed by atoms with Gasteiger partial charge in [-0.2, -0.15) is 0 Å². The van der Waals surface area contributed by atoms with E-state index in [9.17, 15) is 4.79 Å². The van der Waals surface area contributed by atoms with Crippen molar-refractivity contribution in [2.24, 2.45) is 0 Å². The summed E-state index contributed by atoms with van der Waals surface area (Å²) in [6.45, 7) is 7.17. The van der Waals surface area contributed by atoms with Crippen LogP contribution in [0, 0.1) is 6.92 Å². The van der Waals surface area contributed by atoms with Crippen LogP contribution in [0.4, 0.5) is 0 Å². The number of nitrogens with zero attached hydrogens (tertiary/aromatic N) is 3. The minimum absolute atomic E-state index is 0.125. The Morgan fingerprint density at radius 2 is 2.20 bits per heavy atom. The lowest BCUT2D eigenvalue weighted by molar-refractivity contribution is -0.129. The molecule has 5 heteroatoms. The molecule has 110 valence electrons. The molecule has 0 aliphatic carbocycles. The monoisotopic (exact) mass is 277 g/mol. The molecule has 0 unspecified atom stereocenters. The predicted molar refractivity (Wildman–Crippen MR) is 77.6 cm³/mol. The summed E-state index contributed by atoms with van der Waals surface area (Å²) in [6.07, 6.45) is 2.12. The average Bonchev–Trinajstić information content (AvgIpc) is 2.48. The smallest absolute Gasteiger partial charge is 0.228 e. The van der Waals surface area contributed by atoms with Crippen LogP contribution in [0.15, 0.2) is 18.3 Å². The Morgan fingerprint density at radius 3 is 2.90 bits per heavy atom. The van der Waals surface area contributed by atoms with Gasteiger partial charge >= 0.3 is 0 Å². The molecule has 1 amide bonds. The van der Waals surface area contributed by atoms with Crippen LogP contribution in [-0.4, -0.2) is 67.1 Å². The summed E-state index contributed by atoms with van der Waals surface area (Å²) >= 11 is 0. The van der Waals surface area contributed by atoms with Crippen LogP contribution >= 0.6 is 0 Å². The number of carbonyl (C=O) groups is 1. The Hall–Kier alpha value is -1.46. The SMILES string of the molecule is Cc1cccnc1CC(=O)N(C)CCN1CCOCC1. The average molecular weight is 277 g/mol. The predicted octanol–water partition coefficient (Wildman–Crippen LogP) is 0.723. The maximum Gasteiger partial charge on any atom is 0.228 e. The van der Waals surface area contributed by atoms with Gasteiger partial charge in [0.1, 0.15) is 0 Å². The maximum atomic E-state index is 12.2. The lowest BCUT2D eigenvalue weighted by Gasteiger charge is -2.28. The van der Waals surface area contributed by atoms with E-state index in [1.807, 2.05) is 26.1 Å². The number of hydrogen-bond acceptors (Lipinski definition) is 4. The van der Waals surface area contributed by atoms with Gasteiger partial charge in [0.15, 0.2) is 0 Å². The number of aryl methyl sites for hydroxylation is 1. The molecule has 1 aliphatic heterocycles. The fraction of sp³-hybridized carbons (Fsp3) is 0.600. The van der Waals surface area contributed by atoms with E-state index in [-0.39, 0.29) is 5.91 Å².